The van der Waals surface area contributed by atoms with Crippen molar-refractivity contribution in [1.82, 2.24) is 15.1 Å². The Morgan fingerprint density at radius 1 is 1.29 bits per heavy atom. The fourth-order valence-electron chi connectivity index (χ4n) is 1.02. The van der Waals surface area contributed by atoms with E-state index in [0.717, 1.165) is 18.8 Å². The highest BCUT2D eigenvalue weighted by atomic mass is 35.5. The molecule has 1 heterocycles. The molecule has 0 atom stereocenters. The summed E-state index contributed by atoms with van der Waals surface area (Å²) in [4.78, 5) is 4.23. The van der Waals surface area contributed by atoms with Gasteiger partial charge in [-0.15, -0.1) is 5.10 Å². The number of aromatic nitrogens is 2. The van der Waals surface area contributed by atoms with E-state index in [1.165, 1.54) is 0 Å². The quantitative estimate of drug-likeness (QED) is 0.752. The van der Waals surface area contributed by atoms with E-state index >= 15 is 0 Å². The van der Waals surface area contributed by atoms with Crippen LogP contribution < -0.4 is 4.90 Å². The van der Waals surface area contributed by atoms with Gasteiger partial charge in [0, 0.05) is 26.2 Å². The first-order valence-corrected chi connectivity index (χ1v) is 4.81. The van der Waals surface area contributed by atoms with Crippen molar-refractivity contribution in [3.8, 4) is 0 Å². The predicted octanol–water partition coefficient (Wildman–Crippen LogP) is 1.13. The number of hydrogen-bond donors (Lipinski definition) is 0. The summed E-state index contributed by atoms with van der Waals surface area (Å²) in [5, 5.41) is 7.92. The second kappa shape index (κ2) is 5.12. The van der Waals surface area contributed by atoms with Gasteiger partial charge in [0.15, 0.2) is 5.15 Å². The van der Waals surface area contributed by atoms with Gasteiger partial charge in [-0.05, 0) is 14.1 Å². The van der Waals surface area contributed by atoms with Crippen LogP contribution in [0.4, 0.5) is 5.69 Å². The largest absolute Gasteiger partial charge is 0.372 e. The molecule has 78 valence electrons. The van der Waals surface area contributed by atoms with Gasteiger partial charge in [0.1, 0.15) is 0 Å². The molecule has 14 heavy (non-hydrogen) atoms. The molecule has 0 N–H and O–H groups in total. The first kappa shape index (κ1) is 11.2. The van der Waals surface area contributed by atoms with E-state index in [-0.39, 0.29) is 0 Å². The first-order valence-electron chi connectivity index (χ1n) is 4.43. The van der Waals surface area contributed by atoms with Crippen LogP contribution >= 0.6 is 11.6 Å². The Hall–Kier alpha value is -0.870. The number of halogens is 1. The summed E-state index contributed by atoms with van der Waals surface area (Å²) in [7, 11) is 6.11. The predicted molar refractivity (Wildman–Crippen MR) is 58.9 cm³/mol. The monoisotopic (exact) mass is 214 g/mol. The smallest absolute Gasteiger partial charge is 0.153 e. The molecule has 0 spiro atoms. The molecule has 0 saturated heterocycles. The van der Waals surface area contributed by atoms with Crippen LogP contribution in [-0.2, 0) is 0 Å². The Balaban J connectivity index is 2.56. The molecule has 4 nitrogen and oxygen atoms in total. The number of nitrogens with zero attached hydrogens (tertiary/aromatic N) is 4. The van der Waals surface area contributed by atoms with Gasteiger partial charge in [-0.1, -0.05) is 11.6 Å². The van der Waals surface area contributed by atoms with Crippen LogP contribution in [0.1, 0.15) is 0 Å². The van der Waals surface area contributed by atoms with Crippen LogP contribution in [0.2, 0.25) is 5.15 Å². The van der Waals surface area contributed by atoms with Gasteiger partial charge in [0.25, 0.3) is 0 Å². The molecule has 0 amide bonds. The van der Waals surface area contributed by atoms with Gasteiger partial charge in [-0.3, -0.25) is 0 Å². The Labute approximate surface area is 89.5 Å². The molecule has 1 aromatic rings. The third-order valence-electron chi connectivity index (χ3n) is 1.93. The molecule has 5 heteroatoms. The van der Waals surface area contributed by atoms with Crippen molar-refractivity contribution < 1.29 is 0 Å². The lowest BCUT2D eigenvalue weighted by Gasteiger charge is -2.20. The van der Waals surface area contributed by atoms with Crippen LogP contribution in [0.5, 0.6) is 0 Å². The maximum atomic E-state index is 5.74. The number of rotatable bonds is 4. The minimum Gasteiger partial charge on any atom is -0.372 e. The van der Waals surface area contributed by atoms with Crippen LogP contribution in [0.3, 0.4) is 0 Å². The standard InChI is InChI=1S/C9H15ClN4/c1-13(2)4-5-14(3)8-6-9(10)12-11-7-8/h6-7H,4-5H2,1-3H3. The zero-order valence-electron chi connectivity index (χ0n) is 8.74. The maximum Gasteiger partial charge on any atom is 0.153 e. The van der Waals surface area contributed by atoms with Gasteiger partial charge in [-0.2, -0.15) is 5.10 Å². The third kappa shape index (κ3) is 3.47. The average molecular weight is 215 g/mol. The highest BCUT2D eigenvalue weighted by Gasteiger charge is 2.02. The highest BCUT2D eigenvalue weighted by Crippen LogP contribution is 2.13. The molecule has 0 unspecified atom stereocenters. The highest BCUT2D eigenvalue weighted by molar-refractivity contribution is 6.29. The van der Waals surface area contributed by atoms with E-state index in [2.05, 4.69) is 20.0 Å². The second-order valence-corrected chi connectivity index (χ2v) is 3.85. The Morgan fingerprint density at radius 2 is 2.00 bits per heavy atom. The van der Waals surface area contributed by atoms with Crippen molar-refractivity contribution in [2.75, 3.05) is 39.1 Å². The Kier molecular flexibility index (Phi) is 4.10. The van der Waals surface area contributed by atoms with Crippen LogP contribution in [-0.4, -0.2) is 49.3 Å². The zero-order valence-corrected chi connectivity index (χ0v) is 9.49. The lowest BCUT2D eigenvalue weighted by Crippen LogP contribution is -2.28. The molecular weight excluding hydrogens is 200 g/mol. The molecule has 0 aliphatic carbocycles. The molecule has 1 aromatic heterocycles. The summed E-state index contributed by atoms with van der Waals surface area (Å²) in [5.74, 6) is 0. The molecule has 0 saturated carbocycles. The SMILES string of the molecule is CN(C)CCN(C)c1cnnc(Cl)c1. The summed E-state index contributed by atoms with van der Waals surface area (Å²) in [5.41, 5.74) is 0.992. The molecule has 1 rings (SSSR count). The van der Waals surface area contributed by atoms with Gasteiger partial charge in [-0.25, -0.2) is 0 Å². The van der Waals surface area contributed by atoms with E-state index in [9.17, 15) is 0 Å². The van der Waals surface area contributed by atoms with Crippen molar-refractivity contribution in [3.05, 3.63) is 17.4 Å². The summed E-state index contributed by atoms with van der Waals surface area (Å²) in [6, 6.07) is 1.81. The normalized spacial score (nSPS) is 10.6. The molecule has 0 fully saturated rings. The molecular formula is C9H15ClN4. The fraction of sp³-hybridized carbons (Fsp3) is 0.556. The fourth-order valence-corrected chi connectivity index (χ4v) is 1.17. The third-order valence-corrected chi connectivity index (χ3v) is 2.12. The zero-order chi connectivity index (χ0) is 10.6. The summed E-state index contributed by atoms with van der Waals surface area (Å²) >= 11 is 5.74. The van der Waals surface area contributed by atoms with Crippen LogP contribution in [0.25, 0.3) is 0 Å². The van der Waals surface area contributed by atoms with Crippen molar-refractivity contribution in [2.45, 2.75) is 0 Å². The Bertz CT molecular complexity index is 290. The molecule has 0 aromatic carbocycles. The number of likely N-dealkylation sites (N-methyl/N-ethyl adjacent to an activating group) is 2. The van der Waals surface area contributed by atoms with E-state index in [1.807, 2.05) is 27.2 Å². The lowest BCUT2D eigenvalue weighted by molar-refractivity contribution is 0.416. The average Bonchev–Trinajstić information content (AvgIpc) is 2.14. The summed E-state index contributed by atoms with van der Waals surface area (Å²) < 4.78 is 0. The van der Waals surface area contributed by atoms with Crippen LogP contribution in [0.15, 0.2) is 12.3 Å². The Morgan fingerprint density at radius 3 is 2.57 bits per heavy atom. The molecule has 0 radical (unpaired) electrons. The molecule has 0 aliphatic heterocycles. The minimum absolute atomic E-state index is 0.430. The van der Waals surface area contributed by atoms with Gasteiger partial charge in [0.2, 0.25) is 0 Å². The summed E-state index contributed by atoms with van der Waals surface area (Å²) in [6.45, 7) is 1.94. The van der Waals surface area contributed by atoms with E-state index in [4.69, 9.17) is 11.6 Å². The number of anilines is 1. The van der Waals surface area contributed by atoms with E-state index < -0.39 is 0 Å². The molecule has 0 bridgehead atoms. The van der Waals surface area contributed by atoms with E-state index in [0.29, 0.717) is 5.15 Å². The number of hydrogen-bond acceptors (Lipinski definition) is 4. The second-order valence-electron chi connectivity index (χ2n) is 3.46. The van der Waals surface area contributed by atoms with Crippen molar-refractivity contribution >= 4 is 17.3 Å². The maximum absolute atomic E-state index is 5.74. The molecule has 0 aliphatic rings. The van der Waals surface area contributed by atoms with Crippen molar-refractivity contribution in [3.63, 3.8) is 0 Å². The van der Waals surface area contributed by atoms with Crippen molar-refractivity contribution in [2.24, 2.45) is 0 Å². The topological polar surface area (TPSA) is 32.3 Å². The van der Waals surface area contributed by atoms with Crippen LogP contribution in [0, 0.1) is 0 Å². The minimum atomic E-state index is 0.430. The van der Waals surface area contributed by atoms with Crippen molar-refractivity contribution in [1.29, 1.82) is 0 Å². The first-order chi connectivity index (χ1) is 6.59. The summed E-state index contributed by atoms with van der Waals surface area (Å²) in [6.07, 6.45) is 1.71. The van der Waals surface area contributed by atoms with Gasteiger partial charge < -0.3 is 9.80 Å². The van der Waals surface area contributed by atoms with Gasteiger partial charge >= 0.3 is 0 Å². The van der Waals surface area contributed by atoms with E-state index in [1.54, 1.807) is 6.20 Å². The lowest BCUT2D eigenvalue weighted by atomic mass is 10.4. The van der Waals surface area contributed by atoms with Gasteiger partial charge in [0.05, 0.1) is 11.9 Å².